The molecule has 1 fully saturated rings. The van der Waals surface area contributed by atoms with Crippen LogP contribution in [0.15, 0.2) is 53.8 Å². The highest BCUT2D eigenvalue weighted by molar-refractivity contribution is 5.98. The van der Waals surface area contributed by atoms with Crippen LogP contribution in [-0.4, -0.2) is 66.3 Å². The molecule has 2 aliphatic rings. The molecule has 1 aromatic heterocycles. The van der Waals surface area contributed by atoms with Gasteiger partial charge in [0.2, 0.25) is 5.91 Å². The lowest BCUT2D eigenvalue weighted by molar-refractivity contribution is -0.120. The number of carbonyl (C=O) groups excluding carboxylic acids is 1. The minimum atomic E-state index is 0.0516. The summed E-state index contributed by atoms with van der Waals surface area (Å²) in [4.78, 5) is 23.2. The molecule has 0 bridgehead atoms. The first kappa shape index (κ1) is 19.0. The summed E-state index contributed by atoms with van der Waals surface area (Å²) in [5.41, 5.74) is 3.26. The van der Waals surface area contributed by atoms with Crippen molar-refractivity contribution in [1.82, 2.24) is 20.0 Å². The van der Waals surface area contributed by atoms with Gasteiger partial charge in [0.05, 0.1) is 11.9 Å². The number of aromatic nitrogens is 2. The number of hydrogen-bond acceptors (Lipinski definition) is 4. The minimum absolute atomic E-state index is 0.0516. The molecular weight excluding hydrogens is 366 g/mol. The van der Waals surface area contributed by atoms with Crippen LogP contribution in [0.3, 0.4) is 0 Å². The van der Waals surface area contributed by atoms with E-state index in [0.717, 1.165) is 31.3 Å². The van der Waals surface area contributed by atoms with Crippen molar-refractivity contribution < 1.29 is 4.79 Å². The zero-order chi connectivity index (χ0) is 20.2. The Morgan fingerprint density at radius 2 is 2.03 bits per heavy atom. The highest BCUT2D eigenvalue weighted by Crippen LogP contribution is 2.19. The van der Waals surface area contributed by atoms with Gasteiger partial charge < -0.3 is 20.0 Å². The quantitative estimate of drug-likeness (QED) is 0.481. The van der Waals surface area contributed by atoms with Crippen LogP contribution in [0.2, 0.25) is 0 Å². The van der Waals surface area contributed by atoms with Crippen molar-refractivity contribution >= 4 is 23.2 Å². The van der Waals surface area contributed by atoms with Crippen molar-refractivity contribution in [2.24, 2.45) is 12.0 Å². The summed E-state index contributed by atoms with van der Waals surface area (Å²) in [6.45, 7) is 4.22. The molecule has 0 saturated carbocycles. The summed E-state index contributed by atoms with van der Waals surface area (Å²) in [6, 6.07) is 8.54. The second kappa shape index (κ2) is 8.38. The van der Waals surface area contributed by atoms with E-state index in [-0.39, 0.29) is 5.91 Å². The lowest BCUT2D eigenvalue weighted by Gasteiger charge is -2.35. The number of aliphatic imine (C=N–C) groups is 1. The second-order valence-electron chi connectivity index (χ2n) is 7.29. The summed E-state index contributed by atoms with van der Waals surface area (Å²) in [5, 5.41) is 7.57. The molecule has 2 aliphatic heterocycles. The maximum atomic E-state index is 12.7. The molecule has 8 nitrogen and oxygen atoms in total. The normalized spacial score (nSPS) is 17.4. The number of hydrogen-bond donors (Lipinski definition) is 1. The van der Waals surface area contributed by atoms with Gasteiger partial charge in [0.25, 0.3) is 0 Å². The lowest BCUT2D eigenvalue weighted by atomic mass is 10.2. The van der Waals surface area contributed by atoms with Crippen LogP contribution in [0.4, 0.5) is 11.4 Å². The number of aryl methyl sites for hydroxylation is 1. The molecule has 1 N–H and O–H groups in total. The zero-order valence-electron chi connectivity index (χ0n) is 17.0. The summed E-state index contributed by atoms with van der Waals surface area (Å²) < 4.78 is 1.71. The number of guanidine groups is 1. The van der Waals surface area contributed by atoms with Gasteiger partial charge >= 0.3 is 0 Å². The van der Waals surface area contributed by atoms with Gasteiger partial charge in [0.15, 0.2) is 5.96 Å². The molecule has 3 heterocycles. The second-order valence-corrected chi connectivity index (χ2v) is 7.29. The van der Waals surface area contributed by atoms with Crippen LogP contribution in [0.1, 0.15) is 5.56 Å². The Hall–Kier alpha value is -3.29. The number of nitrogens with zero attached hydrogens (tertiary/aromatic N) is 6. The van der Waals surface area contributed by atoms with E-state index in [0.29, 0.717) is 19.6 Å². The zero-order valence-corrected chi connectivity index (χ0v) is 17.0. The Bertz CT molecular complexity index is 925. The van der Waals surface area contributed by atoms with Crippen molar-refractivity contribution in [3.8, 4) is 0 Å². The molecule has 0 atom stereocenters. The first-order valence-electron chi connectivity index (χ1n) is 9.87. The van der Waals surface area contributed by atoms with Crippen molar-refractivity contribution in [3.05, 3.63) is 54.4 Å². The fourth-order valence-corrected chi connectivity index (χ4v) is 3.74. The van der Waals surface area contributed by atoms with Crippen LogP contribution in [-0.2, 0) is 18.4 Å². The number of nitrogens with one attached hydrogen (secondary N) is 1. The Balaban J connectivity index is 1.35. The van der Waals surface area contributed by atoms with E-state index in [1.165, 1.54) is 11.3 Å². The van der Waals surface area contributed by atoms with Gasteiger partial charge in [0, 0.05) is 58.7 Å². The predicted octanol–water partition coefficient (Wildman–Crippen LogP) is 1.22. The summed E-state index contributed by atoms with van der Waals surface area (Å²) in [6.07, 6.45) is 7.97. The van der Waals surface area contributed by atoms with Gasteiger partial charge in [-0.1, -0.05) is 24.3 Å². The first-order valence-corrected chi connectivity index (χ1v) is 9.87. The van der Waals surface area contributed by atoms with E-state index in [4.69, 9.17) is 0 Å². The molecule has 0 spiro atoms. The van der Waals surface area contributed by atoms with Gasteiger partial charge in [-0.15, -0.1) is 0 Å². The van der Waals surface area contributed by atoms with E-state index in [2.05, 4.69) is 56.7 Å². The number of rotatable bonds is 4. The van der Waals surface area contributed by atoms with Crippen LogP contribution < -0.4 is 15.1 Å². The Labute approximate surface area is 171 Å². The molecule has 8 heteroatoms. The third-order valence-electron chi connectivity index (χ3n) is 5.28. The van der Waals surface area contributed by atoms with Crippen molar-refractivity contribution in [1.29, 1.82) is 0 Å². The van der Waals surface area contributed by atoms with Crippen LogP contribution in [0.5, 0.6) is 0 Å². The number of amides is 1. The fraction of sp³-hybridized carbons (Fsp3) is 0.381. The Kier molecular flexibility index (Phi) is 5.50. The third-order valence-corrected chi connectivity index (χ3v) is 5.28. The van der Waals surface area contributed by atoms with Crippen LogP contribution in [0, 0.1) is 0 Å². The molecule has 1 saturated heterocycles. The van der Waals surface area contributed by atoms with E-state index < -0.39 is 0 Å². The average molecular weight is 393 g/mol. The average Bonchev–Trinajstić information content (AvgIpc) is 3.41. The summed E-state index contributed by atoms with van der Waals surface area (Å²) >= 11 is 0. The molecule has 29 heavy (non-hydrogen) atoms. The summed E-state index contributed by atoms with van der Waals surface area (Å²) in [7, 11) is 3.61. The number of benzene rings is 1. The molecule has 1 aromatic carbocycles. The van der Waals surface area contributed by atoms with Crippen molar-refractivity contribution in [3.63, 3.8) is 0 Å². The number of anilines is 2. The van der Waals surface area contributed by atoms with Gasteiger partial charge in [-0.05, 0) is 17.7 Å². The molecule has 0 unspecified atom stereocenters. The third kappa shape index (κ3) is 4.26. The van der Waals surface area contributed by atoms with Gasteiger partial charge in [-0.3, -0.25) is 14.5 Å². The lowest BCUT2D eigenvalue weighted by Crippen LogP contribution is -2.55. The number of carbonyl (C=O) groups is 1. The van der Waals surface area contributed by atoms with Crippen molar-refractivity contribution in [2.45, 2.75) is 6.54 Å². The topological polar surface area (TPSA) is 69.0 Å². The van der Waals surface area contributed by atoms with Gasteiger partial charge in [-0.2, -0.15) is 5.10 Å². The summed E-state index contributed by atoms with van der Waals surface area (Å²) in [5.74, 6) is 0.799. The van der Waals surface area contributed by atoms with Crippen LogP contribution in [0.25, 0.3) is 0 Å². The molecule has 0 radical (unpaired) electrons. The largest absolute Gasteiger partial charge is 0.364 e. The monoisotopic (exact) mass is 393 g/mol. The molecule has 4 rings (SSSR count). The first-order chi connectivity index (χ1) is 14.1. The molecular formula is C21H27N7O. The maximum Gasteiger partial charge on any atom is 0.246 e. The fourth-order valence-electron chi connectivity index (χ4n) is 3.74. The minimum Gasteiger partial charge on any atom is -0.364 e. The van der Waals surface area contributed by atoms with E-state index in [1.54, 1.807) is 22.8 Å². The Morgan fingerprint density at radius 3 is 2.72 bits per heavy atom. The molecule has 1 amide bonds. The van der Waals surface area contributed by atoms with Crippen molar-refractivity contribution in [2.75, 3.05) is 49.6 Å². The van der Waals surface area contributed by atoms with E-state index >= 15 is 0 Å². The van der Waals surface area contributed by atoms with Gasteiger partial charge in [0.1, 0.15) is 6.54 Å². The predicted molar refractivity (Wildman–Crippen MR) is 115 cm³/mol. The molecule has 2 aromatic rings. The highest BCUT2D eigenvalue weighted by atomic mass is 16.2. The molecule has 152 valence electrons. The van der Waals surface area contributed by atoms with Gasteiger partial charge in [-0.25, -0.2) is 0 Å². The van der Waals surface area contributed by atoms with E-state index in [1.807, 2.05) is 18.1 Å². The smallest absolute Gasteiger partial charge is 0.246 e. The SMILES string of the molecule is CN=C(NCc1cccc(N2CC=CC2)c1)N1CCN(c2cnn(C)c2)C(=O)C1. The maximum absolute atomic E-state index is 12.7. The Morgan fingerprint density at radius 1 is 1.21 bits per heavy atom. The standard InChI is InChI=1S/C21H27N7O/c1-22-21(23-13-17-6-5-7-18(12-17)26-8-3-4-9-26)27-10-11-28(20(29)16-27)19-14-24-25(2)15-19/h3-7,12,14-15H,8-11,13,16H2,1-2H3,(H,22,23). The van der Waals surface area contributed by atoms with E-state index in [9.17, 15) is 4.79 Å². The number of piperazine rings is 1. The molecule has 0 aliphatic carbocycles. The highest BCUT2D eigenvalue weighted by Gasteiger charge is 2.27. The van der Waals surface area contributed by atoms with Crippen LogP contribution >= 0.6 is 0 Å².